The van der Waals surface area contributed by atoms with Crippen LogP contribution < -0.4 is 16.4 Å². The van der Waals surface area contributed by atoms with Crippen molar-refractivity contribution in [3.05, 3.63) is 35.9 Å². The van der Waals surface area contributed by atoms with Crippen LogP contribution in [-0.2, 0) is 9.59 Å². The summed E-state index contributed by atoms with van der Waals surface area (Å²) >= 11 is 0. The van der Waals surface area contributed by atoms with Crippen LogP contribution >= 0.6 is 0 Å². The Balaban J connectivity index is 1.69. The second-order valence-corrected chi connectivity index (χ2v) is 6.67. The maximum absolute atomic E-state index is 12.2. The highest BCUT2D eigenvalue weighted by Crippen LogP contribution is 2.19. The monoisotopic (exact) mass is 331 g/mol. The van der Waals surface area contributed by atoms with Gasteiger partial charge in [0.2, 0.25) is 11.8 Å². The smallest absolute Gasteiger partial charge is 0.224 e. The summed E-state index contributed by atoms with van der Waals surface area (Å²) in [6, 6.07) is 9.56. The molecule has 0 bridgehead atoms. The van der Waals surface area contributed by atoms with Crippen molar-refractivity contribution in [1.29, 1.82) is 0 Å². The molecule has 0 spiro atoms. The number of rotatable bonds is 7. The predicted molar refractivity (Wildman–Crippen MR) is 95.2 cm³/mol. The Kier molecular flexibility index (Phi) is 7.25. The first-order valence-corrected chi connectivity index (χ1v) is 8.95. The van der Waals surface area contributed by atoms with E-state index in [1.807, 2.05) is 37.3 Å². The lowest BCUT2D eigenvalue weighted by Crippen LogP contribution is -2.40. The number of nitrogens with one attached hydrogen (secondary N) is 2. The lowest BCUT2D eigenvalue weighted by atomic mass is 9.94. The van der Waals surface area contributed by atoms with Crippen molar-refractivity contribution in [2.75, 3.05) is 6.54 Å². The molecule has 2 rings (SSSR count). The zero-order chi connectivity index (χ0) is 17.4. The normalized spacial score (nSPS) is 17.8. The maximum atomic E-state index is 12.2. The van der Waals surface area contributed by atoms with Crippen LogP contribution in [0.1, 0.15) is 57.1 Å². The zero-order valence-corrected chi connectivity index (χ0v) is 14.5. The summed E-state index contributed by atoms with van der Waals surface area (Å²) in [5.74, 6) is -0.437. The van der Waals surface area contributed by atoms with Gasteiger partial charge in [-0.1, -0.05) is 56.5 Å². The summed E-state index contributed by atoms with van der Waals surface area (Å²) in [4.78, 5) is 24.1. The molecule has 0 aromatic heterocycles. The van der Waals surface area contributed by atoms with E-state index in [0.717, 1.165) is 18.4 Å². The molecular weight excluding hydrogens is 302 g/mol. The van der Waals surface area contributed by atoms with Gasteiger partial charge >= 0.3 is 0 Å². The molecule has 1 aromatic rings. The first kappa shape index (κ1) is 18.5. The third kappa shape index (κ3) is 5.64. The number of nitrogens with two attached hydrogens (primary N) is 1. The van der Waals surface area contributed by atoms with E-state index in [1.54, 1.807) is 0 Å². The highest BCUT2D eigenvalue weighted by atomic mass is 16.2. The zero-order valence-electron chi connectivity index (χ0n) is 14.5. The van der Waals surface area contributed by atoms with Crippen molar-refractivity contribution in [3.8, 4) is 0 Å². The summed E-state index contributed by atoms with van der Waals surface area (Å²) in [6.07, 6.45) is 6.10. The Morgan fingerprint density at radius 1 is 1.17 bits per heavy atom. The van der Waals surface area contributed by atoms with Crippen molar-refractivity contribution >= 4 is 11.8 Å². The van der Waals surface area contributed by atoms with Crippen LogP contribution in [0.4, 0.5) is 0 Å². The van der Waals surface area contributed by atoms with Gasteiger partial charge in [-0.25, -0.2) is 0 Å². The third-order valence-corrected chi connectivity index (χ3v) is 4.76. The minimum atomic E-state index is -0.345. The molecule has 1 aliphatic carbocycles. The minimum absolute atomic E-state index is 0.0159. The Hall–Kier alpha value is -1.88. The number of carbonyl (C=O) groups is 2. The van der Waals surface area contributed by atoms with Gasteiger partial charge in [-0.3, -0.25) is 9.59 Å². The predicted octanol–water partition coefficient (Wildman–Crippen LogP) is 2.28. The van der Waals surface area contributed by atoms with Crippen LogP contribution in [0.15, 0.2) is 30.3 Å². The van der Waals surface area contributed by atoms with Crippen LogP contribution in [0.5, 0.6) is 0 Å². The molecule has 0 heterocycles. The number of hydrogen-bond acceptors (Lipinski definition) is 3. The number of benzene rings is 1. The lowest BCUT2D eigenvalue weighted by Gasteiger charge is -2.23. The van der Waals surface area contributed by atoms with E-state index in [-0.39, 0.29) is 23.8 Å². The van der Waals surface area contributed by atoms with Crippen molar-refractivity contribution in [3.63, 3.8) is 0 Å². The second kappa shape index (κ2) is 9.42. The van der Waals surface area contributed by atoms with E-state index in [0.29, 0.717) is 19.0 Å². The van der Waals surface area contributed by atoms with E-state index in [4.69, 9.17) is 5.73 Å². The van der Waals surface area contributed by atoms with Crippen molar-refractivity contribution in [2.45, 2.75) is 57.5 Å². The summed E-state index contributed by atoms with van der Waals surface area (Å²) in [5, 5.41) is 5.88. The molecule has 0 radical (unpaired) electrons. The van der Waals surface area contributed by atoms with Gasteiger partial charge < -0.3 is 16.4 Å². The first-order chi connectivity index (χ1) is 11.6. The van der Waals surface area contributed by atoms with E-state index in [1.165, 1.54) is 19.3 Å². The molecule has 5 nitrogen and oxygen atoms in total. The number of hydrogen-bond donors (Lipinski definition) is 3. The summed E-state index contributed by atoms with van der Waals surface area (Å²) in [7, 11) is 0. The van der Waals surface area contributed by atoms with Gasteiger partial charge in [0, 0.05) is 25.0 Å². The molecule has 0 aliphatic heterocycles. The van der Waals surface area contributed by atoms with Crippen LogP contribution in [0.3, 0.4) is 0 Å². The van der Waals surface area contributed by atoms with Crippen LogP contribution in [-0.4, -0.2) is 24.4 Å². The van der Waals surface area contributed by atoms with Gasteiger partial charge in [0.05, 0.1) is 5.92 Å². The van der Waals surface area contributed by atoms with E-state index < -0.39 is 0 Å². The largest absolute Gasteiger partial charge is 0.355 e. The quantitative estimate of drug-likeness (QED) is 0.716. The Labute approximate surface area is 144 Å². The topological polar surface area (TPSA) is 84.2 Å². The molecule has 1 saturated carbocycles. The Bertz CT molecular complexity index is 527. The average molecular weight is 331 g/mol. The standard InChI is InChI=1S/C19H29N3O2/c1-14(18(20)15-8-4-2-5-9-15)19(24)21-13-12-17(23)22-16-10-6-3-7-11-16/h2,4-5,8-9,14,16,18H,3,6-7,10-13,20H2,1H3,(H,21,24)(H,22,23). The second-order valence-electron chi connectivity index (χ2n) is 6.67. The van der Waals surface area contributed by atoms with Crippen LogP contribution in [0, 0.1) is 5.92 Å². The van der Waals surface area contributed by atoms with E-state index >= 15 is 0 Å². The highest BCUT2D eigenvalue weighted by molar-refractivity contribution is 5.81. The third-order valence-electron chi connectivity index (χ3n) is 4.76. The van der Waals surface area contributed by atoms with Crippen LogP contribution in [0.25, 0.3) is 0 Å². The van der Waals surface area contributed by atoms with E-state index in [9.17, 15) is 9.59 Å². The molecule has 24 heavy (non-hydrogen) atoms. The van der Waals surface area contributed by atoms with E-state index in [2.05, 4.69) is 10.6 Å². The van der Waals surface area contributed by atoms with Crippen LogP contribution in [0.2, 0.25) is 0 Å². The molecule has 1 fully saturated rings. The fourth-order valence-electron chi connectivity index (χ4n) is 3.13. The molecular formula is C19H29N3O2. The molecule has 5 heteroatoms. The maximum Gasteiger partial charge on any atom is 0.224 e. The molecule has 2 unspecified atom stereocenters. The molecule has 1 aliphatic rings. The Morgan fingerprint density at radius 3 is 2.50 bits per heavy atom. The van der Waals surface area contributed by atoms with Gasteiger partial charge in [-0.05, 0) is 18.4 Å². The van der Waals surface area contributed by atoms with Crippen molar-refractivity contribution in [2.24, 2.45) is 11.7 Å². The highest BCUT2D eigenvalue weighted by Gasteiger charge is 2.22. The van der Waals surface area contributed by atoms with Gasteiger partial charge in [-0.15, -0.1) is 0 Å². The molecule has 2 atom stereocenters. The average Bonchev–Trinajstić information content (AvgIpc) is 2.62. The molecule has 1 aromatic carbocycles. The summed E-state index contributed by atoms with van der Waals surface area (Å²) in [6.45, 7) is 2.17. The fourth-order valence-corrected chi connectivity index (χ4v) is 3.13. The van der Waals surface area contributed by atoms with Gasteiger partial charge in [0.1, 0.15) is 0 Å². The van der Waals surface area contributed by atoms with Crippen molar-refractivity contribution in [1.82, 2.24) is 10.6 Å². The van der Waals surface area contributed by atoms with Gasteiger partial charge in [0.25, 0.3) is 0 Å². The minimum Gasteiger partial charge on any atom is -0.355 e. The Morgan fingerprint density at radius 2 is 1.83 bits per heavy atom. The molecule has 132 valence electrons. The van der Waals surface area contributed by atoms with Gasteiger partial charge in [0.15, 0.2) is 0 Å². The fraction of sp³-hybridized carbons (Fsp3) is 0.579. The van der Waals surface area contributed by atoms with Crippen molar-refractivity contribution < 1.29 is 9.59 Å². The first-order valence-electron chi connectivity index (χ1n) is 8.95. The number of carbonyl (C=O) groups excluding carboxylic acids is 2. The SMILES string of the molecule is CC(C(=O)NCCC(=O)NC1CCCCC1)C(N)c1ccccc1. The molecule has 0 saturated heterocycles. The number of amides is 2. The lowest BCUT2D eigenvalue weighted by molar-refractivity contribution is -0.125. The van der Waals surface area contributed by atoms with Gasteiger partial charge in [-0.2, -0.15) is 0 Å². The summed E-state index contributed by atoms with van der Waals surface area (Å²) in [5.41, 5.74) is 7.09. The summed E-state index contributed by atoms with van der Waals surface area (Å²) < 4.78 is 0. The molecule has 2 amide bonds. The molecule has 4 N–H and O–H groups in total.